The number of aromatic nitrogens is 2. The van der Waals surface area contributed by atoms with E-state index in [9.17, 15) is 0 Å². The van der Waals surface area contributed by atoms with Gasteiger partial charge in [-0.1, -0.05) is 13.0 Å². The Morgan fingerprint density at radius 1 is 1.29 bits per heavy atom. The molecule has 0 aliphatic heterocycles. The Hall–Kier alpha value is -1.53. The van der Waals surface area contributed by atoms with Gasteiger partial charge < -0.3 is 14.8 Å². The average molecular weight is 354 g/mol. The molecular weight excluding hydrogens is 334 g/mol. The van der Waals surface area contributed by atoms with Crippen LogP contribution in [0.4, 0.5) is 0 Å². The van der Waals surface area contributed by atoms with Crippen molar-refractivity contribution in [3.8, 4) is 11.5 Å². The monoisotopic (exact) mass is 353 g/mol. The van der Waals surface area contributed by atoms with Gasteiger partial charge in [0.25, 0.3) is 0 Å². The Morgan fingerprint density at radius 2 is 2.00 bits per heavy atom. The number of benzene rings is 1. The zero-order chi connectivity index (χ0) is 15.4. The van der Waals surface area contributed by atoms with Gasteiger partial charge in [-0.25, -0.2) is 0 Å². The number of ether oxygens (including phenoxy) is 2. The highest BCUT2D eigenvalue weighted by atomic mass is 79.9. The van der Waals surface area contributed by atoms with Crippen molar-refractivity contribution in [2.24, 2.45) is 7.05 Å². The van der Waals surface area contributed by atoms with Crippen molar-refractivity contribution in [1.82, 2.24) is 15.1 Å². The molecule has 0 aliphatic rings. The Bertz CT molecular complexity index is 593. The number of nitrogens with zero attached hydrogens (tertiary/aromatic N) is 2. The minimum absolute atomic E-state index is 0.0247. The van der Waals surface area contributed by atoms with E-state index in [1.165, 1.54) is 0 Å². The van der Waals surface area contributed by atoms with Crippen LogP contribution >= 0.6 is 15.9 Å². The number of methoxy groups -OCH3 is 2. The van der Waals surface area contributed by atoms with E-state index in [1.54, 1.807) is 20.4 Å². The van der Waals surface area contributed by atoms with Gasteiger partial charge in [-0.15, -0.1) is 0 Å². The third-order valence-electron chi connectivity index (χ3n) is 3.36. The Balaban J connectivity index is 2.48. The van der Waals surface area contributed by atoms with Crippen molar-refractivity contribution in [1.29, 1.82) is 0 Å². The topological polar surface area (TPSA) is 48.3 Å². The second kappa shape index (κ2) is 6.95. The highest BCUT2D eigenvalue weighted by Crippen LogP contribution is 2.34. The molecule has 6 heteroatoms. The minimum Gasteiger partial charge on any atom is -0.493 e. The number of nitrogens with one attached hydrogen (secondary N) is 1. The smallest absolute Gasteiger partial charge is 0.161 e. The molecule has 1 atom stereocenters. The van der Waals surface area contributed by atoms with Crippen molar-refractivity contribution in [2.75, 3.05) is 20.8 Å². The predicted octanol–water partition coefficient (Wildman–Crippen LogP) is 2.90. The number of aryl methyl sites for hydroxylation is 1. The fraction of sp³-hybridized carbons (Fsp3) is 0.400. The van der Waals surface area contributed by atoms with Crippen LogP contribution in [0.25, 0.3) is 0 Å². The van der Waals surface area contributed by atoms with Crippen molar-refractivity contribution < 1.29 is 9.47 Å². The van der Waals surface area contributed by atoms with Crippen molar-refractivity contribution in [2.45, 2.75) is 13.0 Å². The van der Waals surface area contributed by atoms with Crippen molar-refractivity contribution in [3.05, 3.63) is 40.1 Å². The van der Waals surface area contributed by atoms with Crippen molar-refractivity contribution in [3.63, 3.8) is 0 Å². The van der Waals surface area contributed by atoms with E-state index in [0.717, 1.165) is 33.8 Å². The number of hydrogen-bond acceptors (Lipinski definition) is 4. The quantitative estimate of drug-likeness (QED) is 0.867. The molecule has 21 heavy (non-hydrogen) atoms. The molecule has 0 saturated heterocycles. The van der Waals surface area contributed by atoms with Crippen molar-refractivity contribution >= 4 is 15.9 Å². The van der Waals surface area contributed by atoms with Crippen LogP contribution in [0.2, 0.25) is 0 Å². The van der Waals surface area contributed by atoms with Crippen LogP contribution in [0.3, 0.4) is 0 Å². The molecule has 0 radical (unpaired) electrons. The summed E-state index contributed by atoms with van der Waals surface area (Å²) in [6.45, 7) is 2.93. The first-order valence-electron chi connectivity index (χ1n) is 6.75. The molecule has 0 aliphatic carbocycles. The van der Waals surface area contributed by atoms with Crippen LogP contribution in [0.15, 0.2) is 28.9 Å². The average Bonchev–Trinajstić information content (AvgIpc) is 2.83. The third-order valence-corrected chi connectivity index (χ3v) is 3.97. The lowest BCUT2D eigenvalue weighted by molar-refractivity contribution is 0.354. The highest BCUT2D eigenvalue weighted by molar-refractivity contribution is 9.10. The zero-order valence-electron chi connectivity index (χ0n) is 12.7. The lowest BCUT2D eigenvalue weighted by atomic mass is 10.0. The lowest BCUT2D eigenvalue weighted by Gasteiger charge is -2.20. The normalized spacial score (nSPS) is 12.2. The van der Waals surface area contributed by atoms with Gasteiger partial charge in [-0.3, -0.25) is 4.68 Å². The molecule has 1 heterocycles. The number of hydrogen-bond donors (Lipinski definition) is 1. The molecular formula is C15H20BrN3O2. The van der Waals surface area contributed by atoms with Gasteiger partial charge in [0.05, 0.1) is 36.6 Å². The van der Waals surface area contributed by atoms with E-state index in [2.05, 4.69) is 33.3 Å². The summed E-state index contributed by atoms with van der Waals surface area (Å²) in [6, 6.07) is 5.97. The maximum atomic E-state index is 5.40. The molecule has 1 aromatic carbocycles. The van der Waals surface area contributed by atoms with Gasteiger partial charge in [0.1, 0.15) is 0 Å². The molecule has 2 aromatic rings. The first-order valence-corrected chi connectivity index (χ1v) is 7.54. The molecule has 0 saturated carbocycles. The van der Waals surface area contributed by atoms with Crippen LogP contribution in [0.1, 0.15) is 24.2 Å². The first-order chi connectivity index (χ1) is 10.1. The van der Waals surface area contributed by atoms with E-state index < -0.39 is 0 Å². The number of rotatable bonds is 6. The van der Waals surface area contributed by atoms with Crippen LogP contribution in [0, 0.1) is 0 Å². The summed E-state index contributed by atoms with van der Waals surface area (Å²) in [5.74, 6) is 1.44. The molecule has 0 amide bonds. The zero-order valence-corrected chi connectivity index (χ0v) is 14.3. The maximum absolute atomic E-state index is 5.40. The molecule has 1 unspecified atom stereocenters. The van der Waals surface area contributed by atoms with E-state index >= 15 is 0 Å². The fourth-order valence-corrected chi connectivity index (χ4v) is 2.93. The number of halogens is 1. The van der Waals surface area contributed by atoms with E-state index in [1.807, 2.05) is 29.9 Å². The maximum Gasteiger partial charge on any atom is 0.161 e. The third kappa shape index (κ3) is 3.22. The minimum atomic E-state index is 0.0247. The first kappa shape index (κ1) is 15.9. The summed E-state index contributed by atoms with van der Waals surface area (Å²) in [4.78, 5) is 0. The fourth-order valence-electron chi connectivity index (χ4n) is 2.35. The second-order valence-electron chi connectivity index (χ2n) is 4.61. The van der Waals surface area contributed by atoms with E-state index in [4.69, 9.17) is 9.47 Å². The van der Waals surface area contributed by atoms with Crippen LogP contribution < -0.4 is 14.8 Å². The molecule has 2 rings (SSSR count). The molecule has 0 bridgehead atoms. The Morgan fingerprint density at radius 3 is 2.52 bits per heavy atom. The Labute approximate surface area is 133 Å². The summed E-state index contributed by atoms with van der Waals surface area (Å²) in [5.41, 5.74) is 2.17. The van der Waals surface area contributed by atoms with Gasteiger partial charge in [0.2, 0.25) is 0 Å². The Kier molecular flexibility index (Phi) is 5.25. The van der Waals surface area contributed by atoms with Gasteiger partial charge in [0, 0.05) is 7.05 Å². The van der Waals surface area contributed by atoms with Gasteiger partial charge in [0.15, 0.2) is 11.5 Å². The van der Waals surface area contributed by atoms with Gasteiger partial charge in [-0.05, 0) is 40.2 Å². The highest BCUT2D eigenvalue weighted by Gasteiger charge is 2.21. The van der Waals surface area contributed by atoms with E-state index in [0.29, 0.717) is 0 Å². The van der Waals surface area contributed by atoms with Crippen LogP contribution in [-0.2, 0) is 7.05 Å². The molecule has 1 aromatic heterocycles. The molecule has 114 valence electrons. The largest absolute Gasteiger partial charge is 0.493 e. The van der Waals surface area contributed by atoms with Crippen LogP contribution in [-0.4, -0.2) is 30.5 Å². The van der Waals surface area contributed by atoms with Crippen LogP contribution in [0.5, 0.6) is 11.5 Å². The summed E-state index contributed by atoms with van der Waals surface area (Å²) < 4.78 is 13.5. The summed E-state index contributed by atoms with van der Waals surface area (Å²) in [5, 5.41) is 7.78. The second-order valence-corrected chi connectivity index (χ2v) is 5.46. The summed E-state index contributed by atoms with van der Waals surface area (Å²) in [7, 11) is 5.21. The lowest BCUT2D eigenvalue weighted by Crippen LogP contribution is -2.24. The summed E-state index contributed by atoms with van der Waals surface area (Å²) >= 11 is 3.57. The molecule has 0 fully saturated rings. The predicted molar refractivity (Wildman–Crippen MR) is 86.0 cm³/mol. The molecule has 5 nitrogen and oxygen atoms in total. The van der Waals surface area contributed by atoms with Gasteiger partial charge in [-0.2, -0.15) is 5.10 Å². The SMILES string of the molecule is CCNC(c1ccc(OC)c(OC)c1)c1c(Br)cnn1C. The standard InChI is InChI=1S/C15H20BrN3O2/c1-5-17-14(15-11(16)9-18-19(15)2)10-6-7-12(20-3)13(8-10)21-4/h6-9,14,17H,5H2,1-4H3. The summed E-state index contributed by atoms with van der Waals surface area (Å²) in [6.07, 6.45) is 1.81. The molecule has 0 spiro atoms. The molecule has 1 N–H and O–H groups in total. The van der Waals surface area contributed by atoms with E-state index in [-0.39, 0.29) is 6.04 Å². The van der Waals surface area contributed by atoms with Gasteiger partial charge >= 0.3 is 0 Å².